The van der Waals surface area contributed by atoms with Crippen molar-refractivity contribution >= 4 is 27.9 Å². The van der Waals surface area contributed by atoms with Gasteiger partial charge in [0.05, 0.1) is 12.0 Å². The number of esters is 2. The third kappa shape index (κ3) is 4.84. The fourth-order valence-electron chi connectivity index (χ4n) is 3.55. The van der Waals surface area contributed by atoms with Crippen LogP contribution in [0.5, 0.6) is 0 Å². The Bertz CT molecular complexity index is 1310. The number of sulfonamides is 1. The van der Waals surface area contributed by atoms with Gasteiger partial charge in [-0.3, -0.25) is 9.59 Å². The average Bonchev–Trinajstić information content (AvgIpc) is 3.06. The SMILES string of the molecule is O=C(C[C@@H](C(=O)OCc1ccccc1)N1C(=O)c2ccccc2S1(=O)=O)OCc1ccccc1. The predicted octanol–water partition coefficient (Wildman–Crippen LogP) is 3.08. The summed E-state index contributed by atoms with van der Waals surface area (Å²) in [5, 5.41) is 0. The van der Waals surface area contributed by atoms with E-state index in [4.69, 9.17) is 9.47 Å². The quantitative estimate of drug-likeness (QED) is 0.457. The van der Waals surface area contributed by atoms with Gasteiger partial charge in [-0.15, -0.1) is 0 Å². The van der Waals surface area contributed by atoms with E-state index in [1.165, 1.54) is 24.3 Å². The lowest BCUT2D eigenvalue weighted by atomic mass is 10.1. The molecule has 0 saturated heterocycles. The van der Waals surface area contributed by atoms with Gasteiger partial charge in [-0.25, -0.2) is 17.5 Å². The molecule has 3 aromatic rings. The van der Waals surface area contributed by atoms with Crippen LogP contribution < -0.4 is 0 Å². The fraction of sp³-hybridized carbons (Fsp3) is 0.160. The number of carbonyl (C=O) groups is 3. The first-order chi connectivity index (χ1) is 16.4. The molecule has 0 radical (unpaired) electrons. The summed E-state index contributed by atoms with van der Waals surface area (Å²) >= 11 is 0. The first-order valence-corrected chi connectivity index (χ1v) is 11.9. The Morgan fingerprint density at radius 2 is 1.29 bits per heavy atom. The maximum atomic E-state index is 13.1. The molecule has 8 nitrogen and oxygen atoms in total. The molecular weight excluding hydrogens is 458 g/mol. The molecule has 0 spiro atoms. The van der Waals surface area contributed by atoms with Gasteiger partial charge in [-0.1, -0.05) is 72.8 Å². The van der Waals surface area contributed by atoms with Gasteiger partial charge in [0.2, 0.25) is 0 Å². The average molecular weight is 480 g/mol. The van der Waals surface area contributed by atoms with E-state index in [9.17, 15) is 22.8 Å². The summed E-state index contributed by atoms with van der Waals surface area (Å²) in [5.41, 5.74) is 1.32. The van der Waals surface area contributed by atoms with Crippen molar-refractivity contribution in [1.82, 2.24) is 4.31 Å². The van der Waals surface area contributed by atoms with Crippen molar-refractivity contribution in [3.63, 3.8) is 0 Å². The largest absolute Gasteiger partial charge is 0.461 e. The maximum absolute atomic E-state index is 13.1. The van der Waals surface area contributed by atoms with E-state index in [2.05, 4.69) is 0 Å². The van der Waals surface area contributed by atoms with Gasteiger partial charge in [0.25, 0.3) is 15.9 Å². The molecule has 0 saturated carbocycles. The Labute approximate surface area is 196 Å². The minimum Gasteiger partial charge on any atom is -0.461 e. The second kappa shape index (κ2) is 9.88. The van der Waals surface area contributed by atoms with E-state index in [-0.39, 0.29) is 23.7 Å². The number of hydrogen-bond acceptors (Lipinski definition) is 7. The van der Waals surface area contributed by atoms with Crippen LogP contribution in [0.1, 0.15) is 27.9 Å². The molecule has 34 heavy (non-hydrogen) atoms. The van der Waals surface area contributed by atoms with E-state index in [1.807, 2.05) is 6.07 Å². The van der Waals surface area contributed by atoms with Crippen LogP contribution in [0, 0.1) is 0 Å². The number of nitrogens with zero attached hydrogens (tertiary/aromatic N) is 1. The summed E-state index contributed by atoms with van der Waals surface area (Å²) in [6, 6.07) is 21.6. The monoisotopic (exact) mass is 479 g/mol. The number of benzene rings is 3. The van der Waals surface area contributed by atoms with Gasteiger partial charge in [0.1, 0.15) is 18.1 Å². The van der Waals surface area contributed by atoms with Crippen molar-refractivity contribution in [3.05, 3.63) is 102 Å². The summed E-state index contributed by atoms with van der Waals surface area (Å²) in [5.74, 6) is -2.76. The van der Waals surface area contributed by atoms with Crippen molar-refractivity contribution in [2.75, 3.05) is 0 Å². The Kier molecular flexibility index (Phi) is 6.74. The van der Waals surface area contributed by atoms with Gasteiger partial charge in [-0.05, 0) is 23.3 Å². The summed E-state index contributed by atoms with van der Waals surface area (Å²) in [7, 11) is -4.36. The zero-order valence-corrected chi connectivity index (χ0v) is 18.8. The third-order valence-electron chi connectivity index (χ3n) is 5.24. The van der Waals surface area contributed by atoms with E-state index in [1.54, 1.807) is 54.6 Å². The number of fused-ring (bicyclic) bond motifs is 1. The Balaban J connectivity index is 1.57. The zero-order valence-electron chi connectivity index (χ0n) is 18.0. The van der Waals surface area contributed by atoms with E-state index in [0.29, 0.717) is 9.87 Å². The summed E-state index contributed by atoms with van der Waals surface area (Å²) in [4.78, 5) is 38.4. The van der Waals surface area contributed by atoms with E-state index < -0.39 is 40.3 Å². The molecule has 1 amide bonds. The first-order valence-electron chi connectivity index (χ1n) is 10.5. The van der Waals surface area contributed by atoms with Crippen LogP contribution in [0.4, 0.5) is 0 Å². The molecular formula is C25H21NO7S. The predicted molar refractivity (Wildman–Crippen MR) is 121 cm³/mol. The molecule has 0 aromatic heterocycles. The molecule has 4 rings (SSSR count). The van der Waals surface area contributed by atoms with Crippen molar-refractivity contribution in [2.24, 2.45) is 0 Å². The van der Waals surface area contributed by atoms with Crippen molar-refractivity contribution in [1.29, 1.82) is 0 Å². The highest BCUT2D eigenvalue weighted by atomic mass is 32.2. The van der Waals surface area contributed by atoms with Gasteiger partial charge >= 0.3 is 11.9 Å². The molecule has 0 bridgehead atoms. The number of amides is 1. The lowest BCUT2D eigenvalue weighted by Crippen LogP contribution is -2.47. The molecule has 9 heteroatoms. The lowest BCUT2D eigenvalue weighted by molar-refractivity contribution is -0.155. The maximum Gasteiger partial charge on any atom is 0.331 e. The van der Waals surface area contributed by atoms with Crippen LogP contribution in [0.2, 0.25) is 0 Å². The van der Waals surface area contributed by atoms with Gasteiger partial charge in [-0.2, -0.15) is 0 Å². The zero-order chi connectivity index (χ0) is 24.1. The molecule has 1 aliphatic heterocycles. The van der Waals surface area contributed by atoms with Gasteiger partial charge in [0, 0.05) is 0 Å². The van der Waals surface area contributed by atoms with Gasteiger partial charge < -0.3 is 9.47 Å². The molecule has 0 unspecified atom stereocenters. The second-order valence-electron chi connectivity index (χ2n) is 7.56. The summed E-state index contributed by atoms with van der Waals surface area (Å²) in [6.45, 7) is -0.212. The van der Waals surface area contributed by atoms with E-state index in [0.717, 1.165) is 5.56 Å². The van der Waals surface area contributed by atoms with Crippen molar-refractivity contribution < 1.29 is 32.3 Å². The molecule has 0 N–H and O–H groups in total. The molecule has 1 atom stereocenters. The van der Waals surface area contributed by atoms with Gasteiger partial charge in [0.15, 0.2) is 6.04 Å². The summed E-state index contributed by atoms with van der Waals surface area (Å²) < 4.78 is 37.2. The molecule has 1 aliphatic rings. The lowest BCUT2D eigenvalue weighted by Gasteiger charge is -2.24. The fourth-order valence-corrected chi connectivity index (χ4v) is 5.26. The van der Waals surface area contributed by atoms with Crippen molar-refractivity contribution in [2.45, 2.75) is 30.6 Å². The van der Waals surface area contributed by atoms with Crippen LogP contribution in [-0.4, -0.2) is 36.6 Å². The minimum atomic E-state index is -4.36. The Morgan fingerprint density at radius 1 is 0.765 bits per heavy atom. The number of rotatable bonds is 8. The van der Waals surface area contributed by atoms with Crippen LogP contribution in [0.15, 0.2) is 89.8 Å². The molecule has 0 fully saturated rings. The normalized spacial score (nSPS) is 14.8. The Hall–Kier alpha value is -3.98. The highest BCUT2D eigenvalue weighted by Crippen LogP contribution is 2.33. The topological polar surface area (TPSA) is 107 Å². The number of ether oxygens (including phenoxy) is 2. The number of carbonyl (C=O) groups excluding carboxylic acids is 3. The molecule has 174 valence electrons. The second-order valence-corrected chi connectivity index (χ2v) is 9.35. The number of hydrogen-bond donors (Lipinski definition) is 0. The highest BCUT2D eigenvalue weighted by molar-refractivity contribution is 7.90. The first kappa shape index (κ1) is 23.2. The smallest absolute Gasteiger partial charge is 0.331 e. The Morgan fingerprint density at radius 3 is 1.88 bits per heavy atom. The molecule has 1 heterocycles. The van der Waals surface area contributed by atoms with Crippen molar-refractivity contribution in [3.8, 4) is 0 Å². The van der Waals surface area contributed by atoms with E-state index >= 15 is 0 Å². The van der Waals surface area contributed by atoms with Crippen LogP contribution in [-0.2, 0) is 42.3 Å². The van der Waals surface area contributed by atoms with Crippen LogP contribution in [0.3, 0.4) is 0 Å². The molecule has 3 aromatic carbocycles. The third-order valence-corrected chi connectivity index (χ3v) is 7.09. The highest BCUT2D eigenvalue weighted by Gasteiger charge is 2.48. The minimum absolute atomic E-state index is 0.0631. The molecule has 0 aliphatic carbocycles. The van der Waals surface area contributed by atoms with Crippen LogP contribution >= 0.6 is 0 Å². The van der Waals surface area contributed by atoms with Crippen LogP contribution in [0.25, 0.3) is 0 Å². The summed E-state index contributed by atoms with van der Waals surface area (Å²) in [6.07, 6.45) is -0.681. The standard InChI is InChI=1S/C25H21NO7S/c27-23(32-16-18-9-3-1-4-10-18)15-21(25(29)33-17-19-11-5-2-6-12-19)26-24(28)20-13-7-8-14-22(20)34(26,30)31/h1-14,21H,15-17H2/t21-/m0/s1.